The first kappa shape index (κ1) is 13.1. The minimum Gasteiger partial charge on any atom is -0.493 e. The van der Waals surface area contributed by atoms with Gasteiger partial charge in [-0.3, -0.25) is 5.43 Å². The lowest BCUT2D eigenvalue weighted by Gasteiger charge is -2.07. The van der Waals surface area contributed by atoms with Gasteiger partial charge < -0.3 is 4.74 Å². The van der Waals surface area contributed by atoms with Gasteiger partial charge in [0.1, 0.15) is 5.75 Å². The predicted octanol–water partition coefficient (Wildman–Crippen LogP) is 3.84. The Morgan fingerprint density at radius 3 is 2.68 bits per heavy atom. The number of nitrogens with zero attached hydrogens (tertiary/aromatic N) is 1. The van der Waals surface area contributed by atoms with Crippen molar-refractivity contribution in [1.29, 1.82) is 0 Å². The first-order chi connectivity index (χ1) is 9.29. The molecule has 0 aliphatic carbocycles. The zero-order chi connectivity index (χ0) is 13.5. The van der Waals surface area contributed by atoms with E-state index >= 15 is 0 Å². The second kappa shape index (κ2) is 6.59. The second-order valence-electron chi connectivity index (χ2n) is 4.21. The summed E-state index contributed by atoms with van der Waals surface area (Å²) in [5.74, 6) is 0.853. The van der Waals surface area contributed by atoms with Crippen molar-refractivity contribution in [3.8, 4) is 5.75 Å². The molecule has 0 fully saturated rings. The molecule has 0 radical (unpaired) electrons. The molecule has 0 saturated heterocycles. The molecule has 0 aliphatic rings. The van der Waals surface area contributed by atoms with Crippen molar-refractivity contribution in [2.24, 2.45) is 5.10 Å². The molecule has 0 aliphatic heterocycles. The fourth-order valence-electron chi connectivity index (χ4n) is 1.74. The van der Waals surface area contributed by atoms with Crippen LogP contribution in [0.15, 0.2) is 53.6 Å². The van der Waals surface area contributed by atoms with E-state index in [0.29, 0.717) is 6.61 Å². The van der Waals surface area contributed by atoms with Crippen molar-refractivity contribution in [2.75, 3.05) is 12.0 Å². The van der Waals surface area contributed by atoms with Gasteiger partial charge >= 0.3 is 0 Å². The summed E-state index contributed by atoms with van der Waals surface area (Å²) in [7, 11) is 0. The molecule has 0 unspecified atom stereocenters. The number of benzene rings is 2. The highest BCUT2D eigenvalue weighted by Gasteiger charge is 2.00. The van der Waals surface area contributed by atoms with Crippen LogP contribution >= 0.6 is 0 Å². The fraction of sp³-hybridized carbons (Fsp3) is 0.188. The van der Waals surface area contributed by atoms with Crippen molar-refractivity contribution in [2.45, 2.75) is 13.8 Å². The van der Waals surface area contributed by atoms with Gasteiger partial charge in [0.05, 0.1) is 18.5 Å². The van der Waals surface area contributed by atoms with E-state index in [2.05, 4.69) is 23.5 Å². The van der Waals surface area contributed by atoms with Crippen molar-refractivity contribution in [3.05, 3.63) is 59.7 Å². The predicted molar refractivity (Wildman–Crippen MR) is 80.0 cm³/mol. The minimum atomic E-state index is 0.649. The lowest BCUT2D eigenvalue weighted by Crippen LogP contribution is -1.98. The van der Waals surface area contributed by atoms with Crippen LogP contribution in [0.1, 0.15) is 18.1 Å². The highest BCUT2D eigenvalue weighted by Crippen LogP contribution is 2.18. The molecule has 2 aromatic carbocycles. The molecule has 3 heteroatoms. The average Bonchev–Trinajstić information content (AvgIpc) is 2.43. The topological polar surface area (TPSA) is 33.6 Å². The third-order valence-corrected chi connectivity index (χ3v) is 2.64. The number of aryl methyl sites for hydroxylation is 1. The maximum atomic E-state index is 5.58. The second-order valence-corrected chi connectivity index (χ2v) is 4.21. The van der Waals surface area contributed by atoms with Crippen LogP contribution in [0, 0.1) is 6.92 Å². The Morgan fingerprint density at radius 1 is 1.16 bits per heavy atom. The summed E-state index contributed by atoms with van der Waals surface area (Å²) in [6, 6.07) is 15.9. The Bertz CT molecular complexity index is 550. The summed E-state index contributed by atoms with van der Waals surface area (Å²) in [6.07, 6.45) is 1.78. The maximum absolute atomic E-state index is 5.58. The summed E-state index contributed by atoms with van der Waals surface area (Å²) in [6.45, 7) is 4.68. The Morgan fingerprint density at radius 2 is 1.95 bits per heavy atom. The van der Waals surface area contributed by atoms with Crippen LogP contribution in [0.3, 0.4) is 0 Å². The number of hydrogen-bond acceptors (Lipinski definition) is 3. The van der Waals surface area contributed by atoms with E-state index in [-0.39, 0.29) is 0 Å². The van der Waals surface area contributed by atoms with Gasteiger partial charge in [0.2, 0.25) is 0 Å². The van der Waals surface area contributed by atoms with Crippen LogP contribution < -0.4 is 10.2 Å². The van der Waals surface area contributed by atoms with Gasteiger partial charge in [-0.25, -0.2) is 0 Å². The van der Waals surface area contributed by atoms with Crippen molar-refractivity contribution < 1.29 is 4.74 Å². The summed E-state index contributed by atoms with van der Waals surface area (Å²) >= 11 is 0. The van der Waals surface area contributed by atoms with Gasteiger partial charge in [0.15, 0.2) is 0 Å². The number of ether oxygens (including phenoxy) is 1. The van der Waals surface area contributed by atoms with Crippen molar-refractivity contribution >= 4 is 11.9 Å². The monoisotopic (exact) mass is 254 g/mol. The molecular formula is C16H18N2O. The van der Waals surface area contributed by atoms with E-state index in [1.165, 1.54) is 5.56 Å². The molecule has 1 N–H and O–H groups in total. The van der Waals surface area contributed by atoms with Crippen molar-refractivity contribution in [3.63, 3.8) is 0 Å². The molecule has 98 valence electrons. The van der Waals surface area contributed by atoms with Gasteiger partial charge in [-0.05, 0) is 38.1 Å². The number of rotatable bonds is 5. The normalized spacial score (nSPS) is 10.6. The van der Waals surface area contributed by atoms with Crippen LogP contribution in [0.25, 0.3) is 0 Å². The average molecular weight is 254 g/mol. The Balaban J connectivity index is 2.11. The highest BCUT2D eigenvalue weighted by atomic mass is 16.5. The first-order valence-corrected chi connectivity index (χ1v) is 6.37. The van der Waals surface area contributed by atoms with Crippen LogP contribution in [0.2, 0.25) is 0 Å². The van der Waals surface area contributed by atoms with Gasteiger partial charge in [0.25, 0.3) is 0 Å². The molecule has 0 spiro atoms. The number of anilines is 1. The smallest absolute Gasteiger partial charge is 0.128 e. The standard InChI is InChI=1S/C16H18N2O/c1-3-19-16-10-9-13(2)11-14(16)12-17-18-15-7-5-4-6-8-15/h4-12,18H,3H2,1-2H3. The quantitative estimate of drug-likeness (QED) is 0.649. The minimum absolute atomic E-state index is 0.649. The lowest BCUT2D eigenvalue weighted by molar-refractivity contribution is 0.339. The number of nitrogens with one attached hydrogen (secondary N) is 1. The van der Waals surface area contributed by atoms with E-state index in [1.807, 2.05) is 49.4 Å². The van der Waals surface area contributed by atoms with Crippen LogP contribution in [-0.4, -0.2) is 12.8 Å². The van der Waals surface area contributed by atoms with E-state index in [0.717, 1.165) is 17.0 Å². The zero-order valence-electron chi connectivity index (χ0n) is 11.3. The van der Waals surface area contributed by atoms with Gasteiger partial charge in [-0.15, -0.1) is 0 Å². The van der Waals surface area contributed by atoms with E-state index in [1.54, 1.807) is 6.21 Å². The van der Waals surface area contributed by atoms with E-state index in [4.69, 9.17) is 4.74 Å². The fourth-order valence-corrected chi connectivity index (χ4v) is 1.74. The molecule has 0 aromatic heterocycles. The van der Waals surface area contributed by atoms with Crippen LogP contribution in [0.4, 0.5) is 5.69 Å². The Hall–Kier alpha value is -2.29. The van der Waals surface area contributed by atoms with Crippen LogP contribution in [0.5, 0.6) is 5.75 Å². The Labute approximate surface area is 113 Å². The van der Waals surface area contributed by atoms with Gasteiger partial charge in [0, 0.05) is 5.56 Å². The Kier molecular flexibility index (Phi) is 4.56. The molecule has 19 heavy (non-hydrogen) atoms. The first-order valence-electron chi connectivity index (χ1n) is 6.37. The largest absolute Gasteiger partial charge is 0.493 e. The third-order valence-electron chi connectivity index (χ3n) is 2.64. The van der Waals surface area contributed by atoms with E-state index < -0.39 is 0 Å². The molecule has 0 amide bonds. The molecule has 0 bridgehead atoms. The molecule has 2 aromatic rings. The molecule has 0 heterocycles. The van der Waals surface area contributed by atoms with Gasteiger partial charge in [-0.1, -0.05) is 29.8 Å². The molecule has 2 rings (SSSR count). The summed E-state index contributed by atoms with van der Waals surface area (Å²) in [5.41, 5.74) is 6.12. The van der Waals surface area contributed by atoms with E-state index in [9.17, 15) is 0 Å². The number of hydrogen-bond donors (Lipinski definition) is 1. The molecule has 0 atom stereocenters. The molecule has 3 nitrogen and oxygen atoms in total. The summed E-state index contributed by atoms with van der Waals surface area (Å²) in [5, 5.41) is 4.24. The molecule has 0 saturated carbocycles. The van der Waals surface area contributed by atoms with Crippen molar-refractivity contribution in [1.82, 2.24) is 0 Å². The third kappa shape index (κ3) is 3.85. The molecular weight excluding hydrogens is 236 g/mol. The maximum Gasteiger partial charge on any atom is 0.128 e. The number of para-hydroxylation sites is 1. The zero-order valence-corrected chi connectivity index (χ0v) is 11.3. The SMILES string of the molecule is CCOc1ccc(C)cc1C=NNc1ccccc1. The highest BCUT2D eigenvalue weighted by molar-refractivity contribution is 5.84. The summed E-state index contributed by atoms with van der Waals surface area (Å²) < 4.78 is 5.58. The van der Waals surface area contributed by atoms with Gasteiger partial charge in [-0.2, -0.15) is 5.10 Å². The lowest BCUT2D eigenvalue weighted by atomic mass is 10.1. The van der Waals surface area contributed by atoms with Crippen LogP contribution in [-0.2, 0) is 0 Å². The number of hydrazone groups is 1. The summed E-state index contributed by atoms with van der Waals surface area (Å²) in [4.78, 5) is 0.